The van der Waals surface area contributed by atoms with Gasteiger partial charge in [-0.2, -0.15) is 5.26 Å². The van der Waals surface area contributed by atoms with Gasteiger partial charge < -0.3 is 15.2 Å². The number of hydrogen-bond acceptors (Lipinski definition) is 6. The Bertz CT molecular complexity index is 1200. The van der Waals surface area contributed by atoms with Crippen molar-refractivity contribution in [3.63, 3.8) is 0 Å². The molecular weight excluding hydrogens is 460 g/mol. The summed E-state index contributed by atoms with van der Waals surface area (Å²) in [4.78, 5) is 13.0. The summed E-state index contributed by atoms with van der Waals surface area (Å²) in [7, 11) is 0. The molecule has 1 aliphatic rings. The molecule has 4 rings (SSSR count). The minimum absolute atomic E-state index is 0.142. The Labute approximate surface area is 187 Å². The lowest BCUT2D eigenvalue weighted by Gasteiger charge is -2.29. The number of para-hydroxylation sites is 1. The number of ether oxygens (including phenoxy) is 2. The second-order valence-corrected chi connectivity index (χ2v) is 7.89. The Morgan fingerprint density at radius 3 is 2.55 bits per heavy atom. The monoisotopic (exact) mass is 478 g/mol. The number of anilines is 1. The van der Waals surface area contributed by atoms with Crippen molar-refractivity contribution in [3.05, 3.63) is 75.8 Å². The third-order valence-electron chi connectivity index (χ3n) is 5.20. The Balaban J connectivity index is 2.05. The summed E-state index contributed by atoms with van der Waals surface area (Å²) in [5.74, 6) is -1.96. The lowest BCUT2D eigenvalue weighted by Crippen LogP contribution is -2.32. The van der Waals surface area contributed by atoms with Gasteiger partial charge in [0.15, 0.2) is 0 Å². The topological polar surface area (TPSA) is 114 Å². The first-order valence-electron chi connectivity index (χ1n) is 9.65. The number of nitrogens with zero attached hydrogens (tertiary/aromatic N) is 2. The Morgan fingerprint density at radius 1 is 1.26 bits per heavy atom. The number of halogens is 1. The summed E-state index contributed by atoms with van der Waals surface area (Å²) in [5, 5.41) is 18.3. The zero-order chi connectivity index (χ0) is 22.1. The molecule has 1 aromatic heterocycles. The van der Waals surface area contributed by atoms with Crippen LogP contribution in [0.3, 0.4) is 0 Å². The molecule has 0 saturated heterocycles. The molecule has 31 heavy (non-hydrogen) atoms. The molecule has 156 valence electrons. The van der Waals surface area contributed by atoms with E-state index >= 15 is 0 Å². The van der Waals surface area contributed by atoms with Crippen LogP contribution in [0.5, 0.6) is 5.88 Å². The summed E-state index contributed by atoms with van der Waals surface area (Å²) in [5.41, 5.74) is 8.50. The van der Waals surface area contributed by atoms with E-state index in [4.69, 9.17) is 20.6 Å². The number of fused-ring (bicyclic) bond motifs is 1. The number of nitrogen functional groups attached to an aromatic ring is 1. The van der Waals surface area contributed by atoms with Gasteiger partial charge in [-0.1, -0.05) is 46.3 Å². The number of nitrogens with one attached hydrogen (secondary N) is 1. The minimum Gasteiger partial charge on any atom is -0.462 e. The molecule has 2 heterocycles. The number of carbonyl (C=O) groups excluding carboxylic acids is 1. The minimum atomic E-state index is -0.923. The Morgan fingerprint density at radius 2 is 1.94 bits per heavy atom. The number of nitriles is 1. The van der Waals surface area contributed by atoms with Gasteiger partial charge >= 0.3 is 5.97 Å². The lowest BCUT2D eigenvalue weighted by atomic mass is 9.79. The van der Waals surface area contributed by atoms with Crippen molar-refractivity contribution in [2.75, 3.05) is 12.3 Å². The highest BCUT2D eigenvalue weighted by atomic mass is 79.9. The van der Waals surface area contributed by atoms with Gasteiger partial charge in [-0.15, -0.1) is 0 Å². The molecule has 7 nitrogen and oxygen atoms in total. The van der Waals surface area contributed by atoms with Gasteiger partial charge in [0.1, 0.15) is 17.3 Å². The molecule has 0 unspecified atom stereocenters. The van der Waals surface area contributed by atoms with Crippen LogP contribution in [-0.4, -0.2) is 23.0 Å². The van der Waals surface area contributed by atoms with E-state index in [1.165, 1.54) is 0 Å². The molecule has 1 aliphatic heterocycles. The van der Waals surface area contributed by atoms with Crippen molar-refractivity contribution in [2.24, 2.45) is 5.92 Å². The average Bonchev–Trinajstić information content (AvgIpc) is 3.05. The van der Waals surface area contributed by atoms with E-state index in [0.29, 0.717) is 11.3 Å². The van der Waals surface area contributed by atoms with Gasteiger partial charge in [-0.05, 0) is 36.8 Å². The standard InChI is InChI=1S/C23H19BrN4O3/c1-2-30-23(29)19-18-17(13-8-10-14(24)11-9-13)16(12-25)21(27)31-22(18)28(20(19)26)15-6-4-3-5-7-15/h3-11,16-17,27H,2,26H2,1H3/t16-,17+/m1/s1. The molecule has 0 saturated carbocycles. The van der Waals surface area contributed by atoms with E-state index in [1.54, 1.807) is 11.5 Å². The zero-order valence-corrected chi connectivity index (χ0v) is 18.2. The van der Waals surface area contributed by atoms with Crippen molar-refractivity contribution in [2.45, 2.75) is 12.8 Å². The van der Waals surface area contributed by atoms with Crippen LogP contribution in [0.4, 0.5) is 5.82 Å². The van der Waals surface area contributed by atoms with Crippen LogP contribution in [0.15, 0.2) is 59.1 Å². The zero-order valence-electron chi connectivity index (χ0n) is 16.6. The molecule has 2 atom stereocenters. The van der Waals surface area contributed by atoms with Crippen LogP contribution in [0, 0.1) is 22.7 Å². The second kappa shape index (κ2) is 8.28. The average molecular weight is 479 g/mol. The highest BCUT2D eigenvalue weighted by Crippen LogP contribution is 2.48. The first-order valence-corrected chi connectivity index (χ1v) is 10.4. The molecule has 8 heteroatoms. The molecule has 0 radical (unpaired) electrons. The number of esters is 1. The van der Waals surface area contributed by atoms with Gasteiger partial charge in [0.2, 0.25) is 11.8 Å². The van der Waals surface area contributed by atoms with Crippen molar-refractivity contribution in [1.29, 1.82) is 10.7 Å². The number of rotatable bonds is 4. The van der Waals surface area contributed by atoms with Gasteiger partial charge in [0.05, 0.1) is 18.4 Å². The molecule has 0 amide bonds. The molecule has 3 N–H and O–H groups in total. The van der Waals surface area contributed by atoms with Gasteiger partial charge in [-0.3, -0.25) is 9.98 Å². The fraction of sp³-hybridized carbons (Fsp3) is 0.174. The van der Waals surface area contributed by atoms with Crippen LogP contribution in [0.25, 0.3) is 5.69 Å². The van der Waals surface area contributed by atoms with Crippen molar-refractivity contribution in [1.82, 2.24) is 4.57 Å². The Hall–Kier alpha value is -3.57. The number of carbonyl (C=O) groups is 1. The van der Waals surface area contributed by atoms with Crippen LogP contribution < -0.4 is 10.5 Å². The summed E-state index contributed by atoms with van der Waals surface area (Å²) >= 11 is 3.42. The van der Waals surface area contributed by atoms with Crippen molar-refractivity contribution in [3.8, 4) is 17.6 Å². The molecule has 0 fully saturated rings. The smallest absolute Gasteiger partial charge is 0.342 e. The van der Waals surface area contributed by atoms with Crippen LogP contribution >= 0.6 is 15.9 Å². The highest BCUT2D eigenvalue weighted by molar-refractivity contribution is 9.10. The SMILES string of the molecule is CCOC(=O)c1c2c(n(-c3ccccc3)c1N)OC(=N)[C@H](C#N)[C@@H]2c1ccc(Br)cc1. The Kier molecular flexibility index (Phi) is 5.53. The van der Waals surface area contributed by atoms with Crippen molar-refractivity contribution >= 4 is 33.6 Å². The number of hydrogen-bond donors (Lipinski definition) is 2. The number of benzene rings is 2. The normalized spacial score (nSPS) is 17.4. The van der Waals surface area contributed by atoms with Crippen LogP contribution in [0.1, 0.15) is 34.3 Å². The molecule has 0 spiro atoms. The van der Waals surface area contributed by atoms with Crippen LogP contribution in [0.2, 0.25) is 0 Å². The van der Waals surface area contributed by atoms with E-state index in [-0.39, 0.29) is 29.8 Å². The summed E-state index contributed by atoms with van der Waals surface area (Å²) < 4.78 is 13.6. The molecular formula is C23H19BrN4O3. The first-order chi connectivity index (χ1) is 15.0. The molecule has 2 aromatic carbocycles. The van der Waals surface area contributed by atoms with Crippen LogP contribution in [-0.2, 0) is 4.74 Å². The maximum Gasteiger partial charge on any atom is 0.342 e. The van der Waals surface area contributed by atoms with E-state index in [2.05, 4.69) is 22.0 Å². The predicted molar refractivity (Wildman–Crippen MR) is 120 cm³/mol. The van der Waals surface area contributed by atoms with E-state index in [0.717, 1.165) is 10.0 Å². The summed E-state index contributed by atoms with van der Waals surface area (Å²) in [6.07, 6.45) is 0. The molecule has 0 bridgehead atoms. The fourth-order valence-corrected chi connectivity index (χ4v) is 4.14. The van der Waals surface area contributed by atoms with E-state index in [1.807, 2.05) is 54.6 Å². The largest absolute Gasteiger partial charge is 0.462 e. The van der Waals surface area contributed by atoms with Gasteiger partial charge in [-0.25, -0.2) is 4.79 Å². The van der Waals surface area contributed by atoms with Gasteiger partial charge in [0, 0.05) is 16.0 Å². The van der Waals surface area contributed by atoms with Crippen molar-refractivity contribution < 1.29 is 14.3 Å². The van der Waals surface area contributed by atoms with E-state index < -0.39 is 17.8 Å². The molecule has 0 aliphatic carbocycles. The van der Waals surface area contributed by atoms with Gasteiger partial charge in [0.25, 0.3) is 0 Å². The highest BCUT2D eigenvalue weighted by Gasteiger charge is 2.44. The predicted octanol–water partition coefficient (Wildman–Crippen LogP) is 4.64. The maximum atomic E-state index is 13.0. The lowest BCUT2D eigenvalue weighted by molar-refractivity contribution is 0.0525. The van der Waals surface area contributed by atoms with E-state index in [9.17, 15) is 10.1 Å². The second-order valence-electron chi connectivity index (χ2n) is 6.97. The molecule has 3 aromatic rings. The maximum absolute atomic E-state index is 13.0. The first kappa shape index (κ1) is 20.7. The summed E-state index contributed by atoms with van der Waals surface area (Å²) in [6, 6.07) is 18.8. The summed E-state index contributed by atoms with van der Waals surface area (Å²) in [6.45, 7) is 1.88. The number of aromatic nitrogens is 1. The third kappa shape index (κ3) is 3.47. The third-order valence-corrected chi connectivity index (χ3v) is 5.72. The quantitative estimate of drug-likeness (QED) is 0.530. The fourth-order valence-electron chi connectivity index (χ4n) is 3.87. The number of nitrogens with two attached hydrogens (primary N) is 1.